The zero-order valence-corrected chi connectivity index (χ0v) is 8.14. The van der Waals surface area contributed by atoms with Gasteiger partial charge in [0.15, 0.2) is 0 Å². The van der Waals surface area contributed by atoms with Crippen molar-refractivity contribution < 1.29 is 4.74 Å². The molecule has 3 N–H and O–H groups in total. The first kappa shape index (κ1) is 9.58. The van der Waals surface area contributed by atoms with E-state index in [-0.39, 0.29) is 5.84 Å². The van der Waals surface area contributed by atoms with Crippen LogP contribution in [0.15, 0.2) is 12.1 Å². The van der Waals surface area contributed by atoms with Crippen LogP contribution in [0.2, 0.25) is 0 Å². The fourth-order valence-electron chi connectivity index (χ4n) is 1.43. The van der Waals surface area contributed by atoms with Crippen LogP contribution in [0.5, 0.6) is 5.75 Å². The number of aryl methyl sites for hydroxylation is 2. The molecule has 0 aliphatic carbocycles. The van der Waals surface area contributed by atoms with Crippen LogP contribution in [-0.4, -0.2) is 12.9 Å². The fourth-order valence-corrected chi connectivity index (χ4v) is 1.43. The first-order valence-corrected chi connectivity index (χ1v) is 4.06. The fraction of sp³-hybridized carbons (Fsp3) is 0.300. The number of amidine groups is 1. The second kappa shape index (κ2) is 3.47. The van der Waals surface area contributed by atoms with E-state index in [0.717, 1.165) is 22.4 Å². The SMILES string of the molecule is COc1c(C)cc(C(=N)N)cc1C. The molecule has 0 saturated carbocycles. The van der Waals surface area contributed by atoms with E-state index in [1.807, 2.05) is 26.0 Å². The highest BCUT2D eigenvalue weighted by atomic mass is 16.5. The van der Waals surface area contributed by atoms with Crippen molar-refractivity contribution in [1.29, 1.82) is 5.41 Å². The Kier molecular flexibility index (Phi) is 2.56. The summed E-state index contributed by atoms with van der Waals surface area (Å²) in [6.07, 6.45) is 0. The van der Waals surface area contributed by atoms with Crippen molar-refractivity contribution in [3.8, 4) is 5.75 Å². The lowest BCUT2D eigenvalue weighted by Crippen LogP contribution is -2.11. The second-order valence-electron chi connectivity index (χ2n) is 3.06. The monoisotopic (exact) mass is 178 g/mol. The average molecular weight is 178 g/mol. The summed E-state index contributed by atoms with van der Waals surface area (Å²) in [4.78, 5) is 0. The highest BCUT2D eigenvalue weighted by Gasteiger charge is 2.06. The van der Waals surface area contributed by atoms with Crippen LogP contribution in [0.3, 0.4) is 0 Å². The third kappa shape index (κ3) is 1.80. The molecule has 3 heteroatoms. The average Bonchev–Trinajstić information content (AvgIpc) is 2.03. The number of methoxy groups -OCH3 is 1. The van der Waals surface area contributed by atoms with Gasteiger partial charge < -0.3 is 10.5 Å². The zero-order valence-electron chi connectivity index (χ0n) is 8.14. The summed E-state index contributed by atoms with van der Waals surface area (Å²) < 4.78 is 5.20. The topological polar surface area (TPSA) is 59.1 Å². The number of nitrogens with one attached hydrogen (secondary N) is 1. The maximum absolute atomic E-state index is 7.29. The molecule has 0 unspecified atom stereocenters. The van der Waals surface area contributed by atoms with E-state index in [1.165, 1.54) is 0 Å². The third-order valence-corrected chi connectivity index (χ3v) is 1.98. The minimum absolute atomic E-state index is 0.0915. The Hall–Kier alpha value is -1.51. The van der Waals surface area contributed by atoms with Crippen molar-refractivity contribution >= 4 is 5.84 Å². The first-order chi connectivity index (χ1) is 6.06. The molecular formula is C10H14N2O. The summed E-state index contributed by atoms with van der Waals surface area (Å²) in [5.74, 6) is 0.957. The van der Waals surface area contributed by atoms with Crippen LogP contribution in [0.1, 0.15) is 16.7 Å². The quantitative estimate of drug-likeness (QED) is 0.533. The van der Waals surface area contributed by atoms with Crippen molar-refractivity contribution in [3.63, 3.8) is 0 Å². The molecule has 0 heterocycles. The zero-order chi connectivity index (χ0) is 10.0. The van der Waals surface area contributed by atoms with E-state index in [9.17, 15) is 0 Å². The van der Waals surface area contributed by atoms with E-state index >= 15 is 0 Å². The summed E-state index contributed by atoms with van der Waals surface area (Å²) in [6, 6.07) is 3.71. The lowest BCUT2D eigenvalue weighted by Gasteiger charge is -2.10. The number of ether oxygens (including phenoxy) is 1. The molecule has 0 aliphatic heterocycles. The van der Waals surface area contributed by atoms with Gasteiger partial charge in [-0.2, -0.15) is 0 Å². The molecule has 0 bridgehead atoms. The Balaban J connectivity index is 3.28. The van der Waals surface area contributed by atoms with Crippen LogP contribution >= 0.6 is 0 Å². The Bertz CT molecular complexity index is 322. The van der Waals surface area contributed by atoms with Crippen LogP contribution < -0.4 is 10.5 Å². The highest BCUT2D eigenvalue weighted by molar-refractivity contribution is 5.95. The van der Waals surface area contributed by atoms with Gasteiger partial charge in [-0.1, -0.05) is 0 Å². The normalized spacial score (nSPS) is 9.77. The van der Waals surface area contributed by atoms with Gasteiger partial charge in [-0.15, -0.1) is 0 Å². The standard InChI is InChI=1S/C10H14N2O/c1-6-4-8(10(11)12)5-7(2)9(6)13-3/h4-5H,1-3H3,(H3,11,12). The van der Waals surface area contributed by atoms with Gasteiger partial charge in [0.1, 0.15) is 11.6 Å². The molecule has 0 aromatic heterocycles. The number of benzene rings is 1. The maximum atomic E-state index is 7.29. The molecule has 1 rings (SSSR count). The van der Waals surface area contributed by atoms with E-state index in [1.54, 1.807) is 7.11 Å². The Morgan fingerprint density at radius 2 is 1.77 bits per heavy atom. The number of rotatable bonds is 2. The van der Waals surface area contributed by atoms with Gasteiger partial charge in [-0.05, 0) is 37.1 Å². The summed E-state index contributed by atoms with van der Waals surface area (Å²) in [7, 11) is 1.64. The number of hydrogen-bond acceptors (Lipinski definition) is 2. The van der Waals surface area contributed by atoms with Crippen molar-refractivity contribution in [3.05, 3.63) is 28.8 Å². The predicted octanol–water partition coefficient (Wildman–Crippen LogP) is 1.60. The summed E-state index contributed by atoms with van der Waals surface area (Å²) >= 11 is 0. The van der Waals surface area contributed by atoms with Crippen LogP contribution in [0.4, 0.5) is 0 Å². The Morgan fingerprint density at radius 3 is 2.08 bits per heavy atom. The van der Waals surface area contributed by atoms with Gasteiger partial charge in [-0.25, -0.2) is 0 Å². The molecule has 0 radical (unpaired) electrons. The molecule has 0 aliphatic rings. The number of nitrogen functional groups attached to an aromatic ring is 1. The van der Waals surface area contributed by atoms with Gasteiger partial charge >= 0.3 is 0 Å². The van der Waals surface area contributed by atoms with Gasteiger partial charge in [0.25, 0.3) is 0 Å². The number of nitrogens with two attached hydrogens (primary N) is 1. The smallest absolute Gasteiger partial charge is 0.124 e. The second-order valence-corrected chi connectivity index (χ2v) is 3.06. The molecule has 0 spiro atoms. The van der Waals surface area contributed by atoms with Gasteiger partial charge in [0.05, 0.1) is 7.11 Å². The Morgan fingerprint density at radius 1 is 1.31 bits per heavy atom. The predicted molar refractivity (Wildman–Crippen MR) is 53.5 cm³/mol. The van der Waals surface area contributed by atoms with E-state index in [0.29, 0.717) is 0 Å². The van der Waals surface area contributed by atoms with E-state index in [2.05, 4.69) is 0 Å². The van der Waals surface area contributed by atoms with Gasteiger partial charge in [-0.3, -0.25) is 5.41 Å². The van der Waals surface area contributed by atoms with Crippen LogP contribution in [-0.2, 0) is 0 Å². The molecule has 0 amide bonds. The van der Waals surface area contributed by atoms with Gasteiger partial charge in [0.2, 0.25) is 0 Å². The summed E-state index contributed by atoms with van der Waals surface area (Å²) in [5.41, 5.74) is 8.15. The van der Waals surface area contributed by atoms with E-state index in [4.69, 9.17) is 15.9 Å². The molecule has 1 aromatic carbocycles. The van der Waals surface area contributed by atoms with Crippen molar-refractivity contribution in [2.45, 2.75) is 13.8 Å². The van der Waals surface area contributed by atoms with Crippen molar-refractivity contribution in [2.24, 2.45) is 5.73 Å². The first-order valence-electron chi connectivity index (χ1n) is 4.06. The largest absolute Gasteiger partial charge is 0.496 e. The molecule has 3 nitrogen and oxygen atoms in total. The van der Waals surface area contributed by atoms with Crippen molar-refractivity contribution in [2.75, 3.05) is 7.11 Å². The maximum Gasteiger partial charge on any atom is 0.124 e. The summed E-state index contributed by atoms with van der Waals surface area (Å²) in [5, 5.41) is 7.29. The molecule has 0 fully saturated rings. The molecule has 0 atom stereocenters. The Labute approximate surface area is 78.0 Å². The minimum atomic E-state index is 0.0915. The van der Waals surface area contributed by atoms with Gasteiger partial charge in [0, 0.05) is 5.56 Å². The molecule has 13 heavy (non-hydrogen) atoms. The molecule has 0 saturated heterocycles. The highest BCUT2D eigenvalue weighted by Crippen LogP contribution is 2.23. The molecule has 70 valence electrons. The molecule has 1 aromatic rings. The number of hydrogen-bond donors (Lipinski definition) is 2. The lowest BCUT2D eigenvalue weighted by molar-refractivity contribution is 0.408. The summed E-state index contributed by atoms with van der Waals surface area (Å²) in [6.45, 7) is 3.89. The third-order valence-electron chi connectivity index (χ3n) is 1.98. The minimum Gasteiger partial charge on any atom is -0.496 e. The lowest BCUT2D eigenvalue weighted by atomic mass is 10.1. The molecular weight excluding hydrogens is 164 g/mol. The van der Waals surface area contributed by atoms with E-state index < -0.39 is 0 Å². The van der Waals surface area contributed by atoms with Crippen LogP contribution in [0, 0.1) is 19.3 Å². The van der Waals surface area contributed by atoms with Crippen molar-refractivity contribution in [1.82, 2.24) is 0 Å². The van der Waals surface area contributed by atoms with Crippen LogP contribution in [0.25, 0.3) is 0 Å².